The van der Waals surface area contributed by atoms with E-state index in [1.165, 1.54) is 0 Å². The lowest BCUT2D eigenvalue weighted by Gasteiger charge is -2.06. The summed E-state index contributed by atoms with van der Waals surface area (Å²) in [7, 11) is 0. The van der Waals surface area contributed by atoms with Crippen LogP contribution in [0.25, 0.3) is 6.08 Å². The van der Waals surface area contributed by atoms with Crippen molar-refractivity contribution < 1.29 is 19.8 Å². The summed E-state index contributed by atoms with van der Waals surface area (Å²) >= 11 is 0. The average Bonchev–Trinajstić information content (AvgIpc) is 2.47. The molecule has 0 spiro atoms. The second-order valence-electron chi connectivity index (χ2n) is 4.67. The molecule has 4 heteroatoms. The molecular formula is C17H24O4. The molecular weight excluding hydrogens is 268 g/mol. The molecule has 0 aliphatic carbocycles. The molecule has 116 valence electrons. The number of unbranched alkanes of at least 4 members (excludes halogenated alkanes) is 1. The fourth-order valence-corrected chi connectivity index (χ4v) is 1.68. The van der Waals surface area contributed by atoms with Crippen LogP contribution in [0.15, 0.2) is 36.4 Å². The first-order chi connectivity index (χ1) is 10.0. The van der Waals surface area contributed by atoms with Crippen molar-refractivity contribution >= 4 is 18.0 Å². The van der Waals surface area contributed by atoms with Gasteiger partial charge in [0.15, 0.2) is 0 Å². The fraction of sp³-hybridized carbons (Fsp3) is 0.412. The molecule has 0 radical (unpaired) electrons. The first-order valence-corrected chi connectivity index (χ1v) is 7.20. The summed E-state index contributed by atoms with van der Waals surface area (Å²) < 4.78 is 0. The third-order valence-electron chi connectivity index (χ3n) is 2.97. The van der Waals surface area contributed by atoms with Crippen LogP contribution in [0.2, 0.25) is 0 Å². The maximum atomic E-state index is 10.4. The topological polar surface area (TPSA) is 74.6 Å². The maximum absolute atomic E-state index is 10.4. The highest BCUT2D eigenvalue weighted by Gasteiger charge is 2.12. The van der Waals surface area contributed by atoms with Gasteiger partial charge in [-0.05, 0) is 24.5 Å². The molecule has 0 saturated heterocycles. The van der Waals surface area contributed by atoms with Crippen LogP contribution in [0.1, 0.15) is 45.1 Å². The highest BCUT2D eigenvalue weighted by Crippen LogP contribution is 2.11. The van der Waals surface area contributed by atoms with E-state index in [1.54, 1.807) is 6.08 Å². The first kappa shape index (κ1) is 18.9. The van der Waals surface area contributed by atoms with Crippen molar-refractivity contribution in [2.75, 3.05) is 0 Å². The molecule has 1 rings (SSSR count). The first-order valence-electron chi connectivity index (χ1n) is 7.20. The minimum atomic E-state index is -0.922. The zero-order valence-electron chi connectivity index (χ0n) is 12.7. The van der Waals surface area contributed by atoms with Crippen LogP contribution in [0, 0.1) is 5.92 Å². The molecule has 0 aliphatic rings. The third kappa shape index (κ3) is 10.4. The summed E-state index contributed by atoms with van der Waals surface area (Å²) in [5.41, 5.74) is 0.898. The van der Waals surface area contributed by atoms with E-state index in [0.717, 1.165) is 37.3 Å². The van der Waals surface area contributed by atoms with Crippen molar-refractivity contribution in [3.8, 4) is 0 Å². The molecule has 0 saturated carbocycles. The highest BCUT2D eigenvalue weighted by atomic mass is 16.4. The quantitative estimate of drug-likeness (QED) is 0.743. The van der Waals surface area contributed by atoms with Gasteiger partial charge in [0.25, 0.3) is 0 Å². The number of carboxylic acid groups (broad SMARTS) is 2. The van der Waals surface area contributed by atoms with E-state index in [0.29, 0.717) is 0 Å². The lowest BCUT2D eigenvalue weighted by Crippen LogP contribution is -2.11. The van der Waals surface area contributed by atoms with E-state index < -0.39 is 11.9 Å². The summed E-state index contributed by atoms with van der Waals surface area (Å²) in [5.74, 6) is -1.68. The second-order valence-corrected chi connectivity index (χ2v) is 4.67. The van der Waals surface area contributed by atoms with Crippen LogP contribution < -0.4 is 0 Å². The van der Waals surface area contributed by atoms with Crippen molar-refractivity contribution in [1.29, 1.82) is 0 Å². The summed E-state index contributed by atoms with van der Waals surface area (Å²) in [5, 5.41) is 16.9. The highest BCUT2D eigenvalue weighted by molar-refractivity contribution is 5.85. The number of rotatable bonds is 7. The van der Waals surface area contributed by atoms with E-state index in [1.807, 2.05) is 37.3 Å². The van der Waals surface area contributed by atoms with Crippen LogP contribution >= 0.6 is 0 Å². The van der Waals surface area contributed by atoms with Gasteiger partial charge >= 0.3 is 11.9 Å². The zero-order valence-corrected chi connectivity index (χ0v) is 12.7. The Bertz CT molecular complexity index is 437. The number of aliphatic carboxylic acids is 2. The molecule has 0 aliphatic heterocycles. The average molecular weight is 292 g/mol. The Hall–Kier alpha value is -2.10. The summed E-state index contributed by atoms with van der Waals surface area (Å²) in [6.07, 6.45) is 6.39. The van der Waals surface area contributed by atoms with Gasteiger partial charge in [-0.3, -0.25) is 4.79 Å². The molecule has 0 amide bonds. The molecule has 21 heavy (non-hydrogen) atoms. The molecule has 1 aromatic carbocycles. The van der Waals surface area contributed by atoms with Gasteiger partial charge in [-0.2, -0.15) is 0 Å². The number of benzene rings is 1. The maximum Gasteiger partial charge on any atom is 0.328 e. The number of carboxylic acids is 2. The molecule has 4 nitrogen and oxygen atoms in total. The Kier molecular flexibility index (Phi) is 10.5. The van der Waals surface area contributed by atoms with Crippen molar-refractivity contribution in [2.24, 2.45) is 5.92 Å². The van der Waals surface area contributed by atoms with E-state index in [-0.39, 0.29) is 5.92 Å². The molecule has 1 atom stereocenters. The smallest absolute Gasteiger partial charge is 0.328 e. The largest absolute Gasteiger partial charge is 0.481 e. The Labute approximate surface area is 126 Å². The van der Waals surface area contributed by atoms with E-state index in [4.69, 9.17) is 10.2 Å². The molecule has 0 fully saturated rings. The summed E-state index contributed by atoms with van der Waals surface area (Å²) in [4.78, 5) is 20.5. The molecule has 0 aromatic heterocycles. The van der Waals surface area contributed by atoms with Crippen molar-refractivity contribution in [1.82, 2.24) is 0 Å². The normalized spacial score (nSPS) is 11.5. The van der Waals surface area contributed by atoms with Gasteiger partial charge in [0, 0.05) is 6.08 Å². The van der Waals surface area contributed by atoms with Crippen molar-refractivity contribution in [2.45, 2.75) is 39.5 Å². The van der Waals surface area contributed by atoms with Gasteiger partial charge in [0.05, 0.1) is 5.92 Å². The predicted molar refractivity (Wildman–Crippen MR) is 84.1 cm³/mol. The van der Waals surface area contributed by atoms with Crippen molar-refractivity contribution in [3.63, 3.8) is 0 Å². The van der Waals surface area contributed by atoms with Crippen LogP contribution in [0.3, 0.4) is 0 Å². The Morgan fingerprint density at radius 2 is 1.76 bits per heavy atom. The van der Waals surface area contributed by atoms with Gasteiger partial charge in [0.2, 0.25) is 0 Å². The van der Waals surface area contributed by atoms with Crippen LogP contribution in [-0.4, -0.2) is 22.2 Å². The van der Waals surface area contributed by atoms with Gasteiger partial charge in [-0.15, -0.1) is 0 Å². The zero-order chi connectivity index (χ0) is 16.1. The van der Waals surface area contributed by atoms with Gasteiger partial charge in [-0.25, -0.2) is 4.79 Å². The summed E-state index contributed by atoms with van der Waals surface area (Å²) in [6.45, 7) is 4.00. The summed E-state index contributed by atoms with van der Waals surface area (Å²) in [6, 6.07) is 9.31. The minimum Gasteiger partial charge on any atom is -0.481 e. The third-order valence-corrected chi connectivity index (χ3v) is 2.97. The molecule has 1 aromatic rings. The van der Waals surface area contributed by atoms with E-state index in [9.17, 15) is 9.59 Å². The van der Waals surface area contributed by atoms with Crippen LogP contribution in [0.5, 0.6) is 0 Å². The second kappa shape index (κ2) is 11.7. The Morgan fingerprint density at radius 1 is 1.14 bits per heavy atom. The Balaban J connectivity index is 0.000000384. The standard InChI is InChI=1S/C9H8O2.C8H16O2/c10-9(11)7-6-8-4-2-1-3-5-8;1-3-5-6-7(4-2)8(9)10/h1-7H,(H,10,11);7H,3-6H2,1-2H3,(H,9,10). The number of hydrogen-bond acceptors (Lipinski definition) is 2. The number of carbonyl (C=O) groups is 2. The monoisotopic (exact) mass is 292 g/mol. The van der Waals surface area contributed by atoms with E-state index >= 15 is 0 Å². The van der Waals surface area contributed by atoms with Gasteiger partial charge in [0.1, 0.15) is 0 Å². The lowest BCUT2D eigenvalue weighted by molar-refractivity contribution is -0.142. The molecule has 0 bridgehead atoms. The SMILES string of the molecule is CCCCC(CC)C(=O)O.O=C(O)C=Cc1ccccc1. The molecule has 1 unspecified atom stereocenters. The van der Waals surface area contributed by atoms with Gasteiger partial charge < -0.3 is 10.2 Å². The predicted octanol–water partition coefficient (Wildman–Crippen LogP) is 4.07. The van der Waals surface area contributed by atoms with Crippen LogP contribution in [0.4, 0.5) is 0 Å². The fourth-order valence-electron chi connectivity index (χ4n) is 1.68. The van der Waals surface area contributed by atoms with Gasteiger partial charge in [-0.1, -0.05) is 57.0 Å². The Morgan fingerprint density at radius 3 is 2.19 bits per heavy atom. The van der Waals surface area contributed by atoms with E-state index in [2.05, 4.69) is 6.92 Å². The number of hydrogen-bond donors (Lipinski definition) is 2. The minimum absolute atomic E-state index is 0.111. The molecule has 0 heterocycles. The molecule has 2 N–H and O–H groups in total. The lowest BCUT2D eigenvalue weighted by atomic mass is 10.00. The van der Waals surface area contributed by atoms with Crippen molar-refractivity contribution in [3.05, 3.63) is 42.0 Å². The van der Waals surface area contributed by atoms with Crippen LogP contribution in [-0.2, 0) is 9.59 Å².